The van der Waals surface area contributed by atoms with Gasteiger partial charge in [-0.25, -0.2) is 9.59 Å². The number of carbonyl (C=O) groups excluding carboxylic acids is 3. The molecule has 0 aliphatic heterocycles. The number of hydrogen-bond donors (Lipinski definition) is 2. The number of nitrogens with two attached hydrogens (primary N) is 1. The lowest BCUT2D eigenvalue weighted by Crippen LogP contribution is -2.53. The van der Waals surface area contributed by atoms with E-state index in [0.717, 1.165) is 11.1 Å². The zero-order chi connectivity index (χ0) is 36.9. The molecule has 49 heavy (non-hydrogen) atoms. The minimum atomic E-state index is -1.38. The second kappa shape index (κ2) is 14.0. The van der Waals surface area contributed by atoms with E-state index >= 15 is 0 Å². The summed E-state index contributed by atoms with van der Waals surface area (Å²) in [5, 5.41) is 10.1. The third-order valence-corrected chi connectivity index (χ3v) is 8.25. The topological polar surface area (TPSA) is 214 Å². The Morgan fingerprint density at radius 1 is 0.694 bits per heavy atom. The summed E-state index contributed by atoms with van der Waals surface area (Å²) in [6.45, 7) is 16.0. The SMILES string of the molecule is CC(C)(C)OC(=O)C1(N)CC1(CN=[N+]=[N-])c1ccccc1.CC(C)(C)OC(=O)NC1(C(=O)OC(C)(C)C)CC1(CN=[N+]=[N-])c1ccccc1. The number of azide groups is 2. The van der Waals surface area contributed by atoms with Crippen molar-refractivity contribution in [2.45, 2.75) is 114 Å². The van der Waals surface area contributed by atoms with Crippen molar-refractivity contribution >= 4 is 18.0 Å². The molecule has 4 rings (SSSR count). The van der Waals surface area contributed by atoms with Crippen LogP contribution in [0.15, 0.2) is 70.9 Å². The van der Waals surface area contributed by atoms with Crippen LogP contribution in [-0.4, -0.2) is 59.0 Å². The first-order chi connectivity index (χ1) is 22.6. The van der Waals surface area contributed by atoms with Crippen molar-refractivity contribution in [3.05, 3.63) is 92.7 Å². The maximum absolute atomic E-state index is 13.2. The van der Waals surface area contributed by atoms with Gasteiger partial charge in [0.2, 0.25) is 0 Å². The van der Waals surface area contributed by atoms with E-state index in [1.54, 1.807) is 62.3 Å². The molecule has 4 unspecified atom stereocenters. The third kappa shape index (κ3) is 8.83. The first-order valence-electron chi connectivity index (χ1n) is 16.0. The fourth-order valence-electron chi connectivity index (χ4n) is 5.90. The van der Waals surface area contributed by atoms with Crippen molar-refractivity contribution in [1.29, 1.82) is 0 Å². The van der Waals surface area contributed by atoms with Crippen molar-refractivity contribution in [3.63, 3.8) is 0 Å². The van der Waals surface area contributed by atoms with Crippen LogP contribution in [0.2, 0.25) is 0 Å². The van der Waals surface area contributed by atoms with E-state index in [0.29, 0.717) is 6.42 Å². The first-order valence-corrected chi connectivity index (χ1v) is 16.0. The molecule has 0 spiro atoms. The van der Waals surface area contributed by atoms with Crippen LogP contribution in [0.5, 0.6) is 0 Å². The molecule has 0 radical (unpaired) electrons. The highest BCUT2D eigenvalue weighted by Gasteiger charge is 2.75. The number of alkyl carbamates (subject to hydrolysis) is 1. The number of nitrogens with one attached hydrogen (secondary N) is 1. The lowest BCUT2D eigenvalue weighted by molar-refractivity contribution is -0.160. The Bertz CT molecular complexity index is 1620. The summed E-state index contributed by atoms with van der Waals surface area (Å²) in [6.07, 6.45) is -0.0631. The number of carbonyl (C=O) groups is 3. The van der Waals surface area contributed by atoms with E-state index in [1.165, 1.54) is 0 Å². The molecule has 3 N–H and O–H groups in total. The molecule has 264 valence electrons. The van der Waals surface area contributed by atoms with Crippen LogP contribution in [0.1, 0.15) is 86.3 Å². The van der Waals surface area contributed by atoms with Crippen LogP contribution >= 0.6 is 0 Å². The highest BCUT2D eigenvalue weighted by atomic mass is 16.6. The average molecular weight is 677 g/mol. The molecule has 14 nitrogen and oxygen atoms in total. The lowest BCUT2D eigenvalue weighted by Gasteiger charge is -2.30. The molecule has 0 heterocycles. The van der Waals surface area contributed by atoms with Gasteiger partial charge in [0.1, 0.15) is 22.3 Å². The zero-order valence-electron chi connectivity index (χ0n) is 29.8. The van der Waals surface area contributed by atoms with Crippen LogP contribution in [0, 0.1) is 0 Å². The van der Waals surface area contributed by atoms with Crippen molar-refractivity contribution in [1.82, 2.24) is 5.32 Å². The molecule has 2 aliphatic rings. The summed E-state index contributed by atoms with van der Waals surface area (Å²) < 4.78 is 16.4. The highest BCUT2D eigenvalue weighted by Crippen LogP contribution is 2.59. The minimum absolute atomic E-state index is 0.00253. The second-order valence-corrected chi connectivity index (χ2v) is 15.5. The molecule has 0 saturated heterocycles. The number of benzene rings is 2. The molecule has 14 heteroatoms. The van der Waals surface area contributed by atoms with Crippen LogP contribution in [-0.2, 0) is 34.6 Å². The van der Waals surface area contributed by atoms with Gasteiger partial charge < -0.3 is 25.3 Å². The standard InChI is InChI=1S/C20H28N4O4.C15H20N4O2/c1-17(2,3)27-15(25)20(23-16(26)28-18(4,5)6)12-19(20,13-22-24-21)14-10-8-7-9-11-14;1-13(2,3)21-12(20)15(16)9-14(15,10-18-19-17)11-7-5-4-6-8-11/h7-11H,12-13H2,1-6H3,(H,23,26);4-8H,9-10,16H2,1-3H3. The largest absolute Gasteiger partial charge is 0.459 e. The molecule has 2 aromatic carbocycles. The van der Waals surface area contributed by atoms with Crippen LogP contribution in [0.3, 0.4) is 0 Å². The normalized spacial score (nSPS) is 25.5. The fraction of sp³-hybridized carbons (Fsp3) is 0.571. The summed E-state index contributed by atoms with van der Waals surface area (Å²) in [4.78, 5) is 43.8. The van der Waals surface area contributed by atoms with Crippen molar-refractivity contribution in [3.8, 4) is 0 Å². The number of esters is 2. The molecule has 4 atom stereocenters. The predicted molar refractivity (Wildman–Crippen MR) is 184 cm³/mol. The number of ether oxygens (including phenoxy) is 3. The number of hydrogen-bond acceptors (Lipinski definition) is 9. The molecule has 2 aliphatic carbocycles. The quantitative estimate of drug-likeness (QED) is 0.0938. The lowest BCUT2D eigenvalue weighted by atomic mass is 9.90. The smallest absolute Gasteiger partial charge is 0.408 e. The summed E-state index contributed by atoms with van der Waals surface area (Å²) in [7, 11) is 0. The van der Waals surface area contributed by atoms with E-state index in [1.807, 2.05) is 60.7 Å². The zero-order valence-corrected chi connectivity index (χ0v) is 29.8. The Balaban J connectivity index is 0.000000276. The Kier molecular flexibility index (Phi) is 11.0. The van der Waals surface area contributed by atoms with E-state index in [-0.39, 0.29) is 19.5 Å². The molecule has 0 bridgehead atoms. The van der Waals surface area contributed by atoms with Crippen LogP contribution < -0.4 is 11.1 Å². The Morgan fingerprint density at radius 3 is 1.53 bits per heavy atom. The molecule has 2 aromatic rings. The number of nitrogens with zero attached hydrogens (tertiary/aromatic N) is 6. The van der Waals surface area contributed by atoms with Crippen LogP contribution in [0.4, 0.5) is 4.79 Å². The van der Waals surface area contributed by atoms with Crippen LogP contribution in [0.25, 0.3) is 20.9 Å². The van der Waals surface area contributed by atoms with Gasteiger partial charge in [0.15, 0.2) is 5.54 Å². The Morgan fingerprint density at radius 2 is 1.10 bits per heavy atom. The van der Waals surface area contributed by atoms with Gasteiger partial charge in [-0.05, 0) is 97.3 Å². The molecular weight excluding hydrogens is 628 g/mol. The van der Waals surface area contributed by atoms with Crippen molar-refractivity contribution in [2.75, 3.05) is 13.1 Å². The second-order valence-electron chi connectivity index (χ2n) is 15.5. The molecule has 0 aromatic heterocycles. The van der Waals surface area contributed by atoms with Gasteiger partial charge in [-0.3, -0.25) is 4.79 Å². The highest BCUT2D eigenvalue weighted by molar-refractivity contribution is 5.93. The van der Waals surface area contributed by atoms with Gasteiger partial charge in [-0.15, -0.1) is 0 Å². The van der Waals surface area contributed by atoms with Gasteiger partial charge in [-0.2, -0.15) is 0 Å². The summed E-state index contributed by atoms with van der Waals surface area (Å²) in [5.41, 5.74) is 19.3. The predicted octanol–water partition coefficient (Wildman–Crippen LogP) is 6.92. The van der Waals surface area contributed by atoms with E-state index < -0.39 is 56.7 Å². The third-order valence-electron chi connectivity index (χ3n) is 8.25. The van der Waals surface area contributed by atoms with Gasteiger partial charge in [0, 0.05) is 33.7 Å². The average Bonchev–Trinajstić information content (AvgIpc) is 3.85. The molecule has 1 amide bonds. The monoisotopic (exact) mass is 676 g/mol. The fourth-order valence-corrected chi connectivity index (χ4v) is 5.90. The van der Waals surface area contributed by atoms with Gasteiger partial charge in [-0.1, -0.05) is 70.9 Å². The summed E-state index contributed by atoms with van der Waals surface area (Å²) >= 11 is 0. The van der Waals surface area contributed by atoms with Gasteiger partial charge in [0.05, 0.1) is 0 Å². The van der Waals surface area contributed by atoms with E-state index in [4.69, 9.17) is 31.0 Å². The minimum Gasteiger partial charge on any atom is -0.459 e. The first kappa shape index (κ1) is 38.7. The maximum Gasteiger partial charge on any atom is 0.408 e. The number of amides is 1. The van der Waals surface area contributed by atoms with Gasteiger partial charge >= 0.3 is 18.0 Å². The molecular formula is C35H48N8O6. The van der Waals surface area contributed by atoms with E-state index in [9.17, 15) is 14.4 Å². The summed E-state index contributed by atoms with van der Waals surface area (Å²) in [6, 6.07) is 18.6. The summed E-state index contributed by atoms with van der Waals surface area (Å²) in [5.74, 6) is -1.03. The van der Waals surface area contributed by atoms with Gasteiger partial charge in [0.25, 0.3) is 0 Å². The molecule has 2 fully saturated rings. The van der Waals surface area contributed by atoms with Crippen molar-refractivity contribution in [2.24, 2.45) is 16.0 Å². The number of rotatable bonds is 9. The maximum atomic E-state index is 13.2. The van der Waals surface area contributed by atoms with E-state index in [2.05, 4.69) is 25.4 Å². The Hall–Kier alpha value is -4.77. The Labute approximate surface area is 287 Å². The molecule has 2 saturated carbocycles. The van der Waals surface area contributed by atoms with Crippen molar-refractivity contribution < 1.29 is 28.6 Å².